The van der Waals surface area contributed by atoms with E-state index in [1.807, 2.05) is 7.05 Å². The second-order valence-electron chi connectivity index (χ2n) is 4.82. The molecule has 0 aromatic heterocycles. The number of rotatable bonds is 3. The van der Waals surface area contributed by atoms with E-state index >= 15 is 0 Å². The van der Waals surface area contributed by atoms with Crippen LogP contribution in [0.1, 0.15) is 23.7 Å². The van der Waals surface area contributed by atoms with Crippen molar-refractivity contribution in [2.24, 2.45) is 11.8 Å². The zero-order valence-corrected chi connectivity index (χ0v) is 11.6. The van der Waals surface area contributed by atoms with E-state index in [0.29, 0.717) is 16.5 Å². The Bertz CT molecular complexity index is 449. The molecule has 0 N–H and O–H groups in total. The first kappa shape index (κ1) is 12.8. The van der Waals surface area contributed by atoms with Crippen molar-refractivity contribution in [2.75, 3.05) is 13.6 Å². The predicted molar refractivity (Wildman–Crippen MR) is 72.9 cm³/mol. The van der Waals surface area contributed by atoms with Crippen molar-refractivity contribution in [1.82, 2.24) is 4.90 Å². The number of carbonyl (C=O) groups excluding carboxylic acids is 1. The van der Waals surface area contributed by atoms with Gasteiger partial charge in [0.15, 0.2) is 0 Å². The maximum Gasteiger partial charge on any atom is 0.255 e. The topological polar surface area (TPSA) is 20.3 Å². The normalized spacial score (nSPS) is 22.4. The highest BCUT2D eigenvalue weighted by Gasteiger charge is 2.34. The van der Waals surface area contributed by atoms with Gasteiger partial charge in [-0.05, 0) is 36.5 Å². The van der Waals surface area contributed by atoms with Crippen LogP contribution < -0.4 is 0 Å². The van der Waals surface area contributed by atoms with Crippen LogP contribution in [-0.4, -0.2) is 24.4 Å². The van der Waals surface area contributed by atoms with Crippen molar-refractivity contribution in [2.45, 2.75) is 18.2 Å². The Morgan fingerprint density at radius 1 is 1.59 bits per heavy atom. The Balaban J connectivity index is 2.10. The summed E-state index contributed by atoms with van der Waals surface area (Å²) in [4.78, 5) is 14.7. The molecule has 2 unspecified atom stereocenters. The van der Waals surface area contributed by atoms with E-state index in [1.165, 1.54) is 6.42 Å². The lowest BCUT2D eigenvalue weighted by Gasteiger charge is -2.18. The van der Waals surface area contributed by atoms with E-state index in [9.17, 15) is 4.79 Å². The SMILES string of the molecule is CC1CC1CN(C)C(=O)c1cc(S)ccc1Cl. The van der Waals surface area contributed by atoms with Crippen LogP contribution in [0, 0.1) is 11.8 Å². The van der Waals surface area contributed by atoms with Gasteiger partial charge >= 0.3 is 0 Å². The summed E-state index contributed by atoms with van der Waals surface area (Å²) in [5.41, 5.74) is 0.537. The molecule has 1 aromatic rings. The Morgan fingerprint density at radius 2 is 2.24 bits per heavy atom. The zero-order chi connectivity index (χ0) is 12.6. The van der Waals surface area contributed by atoms with Crippen molar-refractivity contribution in [3.8, 4) is 0 Å². The van der Waals surface area contributed by atoms with Crippen LogP contribution in [0.5, 0.6) is 0 Å². The van der Waals surface area contributed by atoms with Crippen LogP contribution in [0.3, 0.4) is 0 Å². The first-order valence-corrected chi connectivity index (χ1v) is 6.55. The van der Waals surface area contributed by atoms with Gasteiger partial charge in [0.2, 0.25) is 0 Å². The molecule has 1 amide bonds. The summed E-state index contributed by atoms with van der Waals surface area (Å²) < 4.78 is 0. The second kappa shape index (κ2) is 4.91. The molecule has 2 atom stereocenters. The number of carbonyl (C=O) groups is 1. The van der Waals surface area contributed by atoms with Crippen LogP contribution >= 0.6 is 24.2 Å². The number of hydrogen-bond acceptors (Lipinski definition) is 2. The van der Waals surface area contributed by atoms with Crippen LogP contribution in [0.25, 0.3) is 0 Å². The van der Waals surface area contributed by atoms with Crippen LogP contribution in [0.2, 0.25) is 5.02 Å². The molecule has 0 spiro atoms. The van der Waals surface area contributed by atoms with Gasteiger partial charge in [-0.1, -0.05) is 18.5 Å². The summed E-state index contributed by atoms with van der Waals surface area (Å²) in [7, 11) is 1.83. The lowest BCUT2D eigenvalue weighted by Crippen LogP contribution is -2.29. The second-order valence-corrected chi connectivity index (χ2v) is 5.75. The van der Waals surface area contributed by atoms with Gasteiger partial charge in [-0.15, -0.1) is 12.6 Å². The van der Waals surface area contributed by atoms with E-state index in [1.54, 1.807) is 23.1 Å². The molecule has 0 radical (unpaired) electrons. The minimum atomic E-state index is -0.0231. The third-order valence-corrected chi connectivity index (χ3v) is 3.92. The zero-order valence-electron chi connectivity index (χ0n) is 9.98. The quantitative estimate of drug-likeness (QED) is 0.835. The first-order chi connectivity index (χ1) is 7.99. The van der Waals surface area contributed by atoms with Crippen LogP contribution in [0.4, 0.5) is 0 Å². The summed E-state index contributed by atoms with van der Waals surface area (Å²) in [5, 5.41) is 0.489. The Kier molecular flexibility index (Phi) is 3.69. The fourth-order valence-corrected chi connectivity index (χ4v) is 2.37. The fraction of sp³-hybridized carbons (Fsp3) is 0.462. The lowest BCUT2D eigenvalue weighted by molar-refractivity contribution is 0.0787. The molecule has 17 heavy (non-hydrogen) atoms. The molecule has 1 fully saturated rings. The molecule has 1 aromatic carbocycles. The minimum absolute atomic E-state index is 0.0231. The van der Waals surface area contributed by atoms with Gasteiger partial charge in [0.1, 0.15) is 0 Å². The number of nitrogens with zero attached hydrogens (tertiary/aromatic N) is 1. The number of hydrogen-bond donors (Lipinski definition) is 1. The standard InChI is InChI=1S/C13H16ClNOS/c1-8-5-9(8)7-15(2)13(16)11-6-10(17)3-4-12(11)14/h3-4,6,8-9,17H,5,7H2,1-2H3. The Labute approximate surface area is 112 Å². The van der Waals surface area contributed by atoms with Crippen molar-refractivity contribution < 1.29 is 4.79 Å². The molecule has 0 saturated heterocycles. The Morgan fingerprint density at radius 3 is 2.82 bits per heavy atom. The summed E-state index contributed by atoms with van der Waals surface area (Å²) >= 11 is 10.3. The summed E-state index contributed by atoms with van der Waals surface area (Å²) in [6.45, 7) is 3.03. The van der Waals surface area contributed by atoms with Crippen LogP contribution in [-0.2, 0) is 0 Å². The smallest absolute Gasteiger partial charge is 0.255 e. The van der Waals surface area contributed by atoms with Gasteiger partial charge in [0.05, 0.1) is 10.6 Å². The van der Waals surface area contributed by atoms with Gasteiger partial charge in [-0.3, -0.25) is 4.79 Å². The highest BCUT2D eigenvalue weighted by Crippen LogP contribution is 2.38. The molecule has 92 valence electrons. The lowest BCUT2D eigenvalue weighted by atomic mass is 10.2. The number of benzene rings is 1. The van der Waals surface area contributed by atoms with Crippen molar-refractivity contribution >= 4 is 30.1 Å². The summed E-state index contributed by atoms with van der Waals surface area (Å²) in [5.74, 6) is 1.38. The average molecular weight is 270 g/mol. The van der Waals surface area contributed by atoms with E-state index in [2.05, 4.69) is 19.6 Å². The van der Waals surface area contributed by atoms with E-state index in [-0.39, 0.29) is 5.91 Å². The predicted octanol–water partition coefficient (Wildman–Crippen LogP) is 3.36. The molecule has 1 aliphatic rings. The molecular formula is C13H16ClNOS. The van der Waals surface area contributed by atoms with Crippen molar-refractivity contribution in [3.05, 3.63) is 28.8 Å². The van der Waals surface area contributed by atoms with Crippen LogP contribution in [0.15, 0.2) is 23.1 Å². The van der Waals surface area contributed by atoms with E-state index in [0.717, 1.165) is 17.4 Å². The van der Waals surface area contributed by atoms with Gasteiger partial charge in [0.25, 0.3) is 5.91 Å². The molecule has 1 saturated carbocycles. The number of amides is 1. The van der Waals surface area contributed by atoms with E-state index < -0.39 is 0 Å². The Hall–Kier alpha value is -0.670. The van der Waals surface area contributed by atoms with Gasteiger partial charge in [0, 0.05) is 18.5 Å². The highest BCUT2D eigenvalue weighted by molar-refractivity contribution is 7.80. The van der Waals surface area contributed by atoms with Gasteiger partial charge < -0.3 is 4.90 Å². The average Bonchev–Trinajstić information content (AvgIpc) is 2.96. The molecule has 0 aliphatic heterocycles. The highest BCUT2D eigenvalue weighted by atomic mass is 35.5. The summed E-state index contributed by atoms with van der Waals surface area (Å²) in [6, 6.07) is 5.22. The van der Waals surface area contributed by atoms with Gasteiger partial charge in [-0.2, -0.15) is 0 Å². The maximum absolute atomic E-state index is 12.2. The molecular weight excluding hydrogens is 254 g/mol. The maximum atomic E-state index is 12.2. The summed E-state index contributed by atoms with van der Waals surface area (Å²) in [6.07, 6.45) is 1.22. The largest absolute Gasteiger partial charge is 0.341 e. The molecule has 2 rings (SSSR count). The fourth-order valence-electron chi connectivity index (χ4n) is 1.97. The van der Waals surface area contributed by atoms with E-state index in [4.69, 9.17) is 11.6 Å². The van der Waals surface area contributed by atoms with Gasteiger partial charge in [-0.25, -0.2) is 0 Å². The monoisotopic (exact) mass is 269 g/mol. The van der Waals surface area contributed by atoms with Crippen molar-refractivity contribution in [3.63, 3.8) is 0 Å². The minimum Gasteiger partial charge on any atom is -0.341 e. The third-order valence-electron chi connectivity index (χ3n) is 3.31. The van der Waals surface area contributed by atoms with Crippen molar-refractivity contribution in [1.29, 1.82) is 0 Å². The molecule has 0 heterocycles. The first-order valence-electron chi connectivity index (χ1n) is 5.73. The third kappa shape index (κ3) is 2.96. The number of halogens is 1. The molecule has 1 aliphatic carbocycles. The molecule has 0 bridgehead atoms. The molecule has 2 nitrogen and oxygen atoms in total. The molecule has 4 heteroatoms. The number of thiol groups is 1.